The molecule has 4 nitrogen and oxygen atoms in total. The molecule has 0 spiro atoms. The van der Waals surface area contributed by atoms with E-state index in [1.165, 1.54) is 48.8 Å². The number of hydrogen-bond acceptors (Lipinski definition) is 5. The standard InChI is InChI=1S/C43H50ClNO3S/c1-5-47-42(3,4)39-17-10-9-13-32(39)21-25-38(41(43(26-27-43)48-30(2)46)49-37-15-7-6-8-16-37)34-14-11-12-31(28-34)18-23-36-24-20-33-19-22-35(44)29-40(33)45-36/h9-14,17-20,22-24,28-29,37-38,41H,5-8,15-16,21,25-27H2,1-4H3. The van der Waals surface area contributed by atoms with Gasteiger partial charge in [0.05, 0.1) is 22.1 Å². The molecule has 2 saturated carbocycles. The van der Waals surface area contributed by atoms with Gasteiger partial charge in [-0.05, 0) is 112 Å². The first-order chi connectivity index (χ1) is 23.7. The van der Waals surface area contributed by atoms with Crippen LogP contribution in [0.25, 0.3) is 23.1 Å². The van der Waals surface area contributed by atoms with E-state index in [0.29, 0.717) is 16.9 Å². The van der Waals surface area contributed by atoms with Crippen LogP contribution in [-0.2, 0) is 26.3 Å². The quantitative estimate of drug-likeness (QED) is 0.123. The Kier molecular flexibility index (Phi) is 11.5. The van der Waals surface area contributed by atoms with Crippen molar-refractivity contribution in [3.8, 4) is 0 Å². The SMILES string of the molecule is CCOC(C)(C)c1ccccc1CCC(c1cccc(C=Cc2ccc3ccc(Cl)cc3n2)c1)C(SC1CCCCC1)C1(OC(C)=O)CC1. The molecule has 0 bridgehead atoms. The predicted molar refractivity (Wildman–Crippen MR) is 206 cm³/mol. The van der Waals surface area contributed by atoms with Crippen LogP contribution in [0.2, 0.25) is 5.02 Å². The molecule has 4 aromatic rings. The van der Waals surface area contributed by atoms with Crippen molar-refractivity contribution in [3.05, 3.63) is 112 Å². The number of pyridine rings is 1. The van der Waals surface area contributed by atoms with Crippen LogP contribution in [0.4, 0.5) is 0 Å². The topological polar surface area (TPSA) is 48.4 Å². The molecule has 6 rings (SSSR count). The van der Waals surface area contributed by atoms with E-state index in [-0.39, 0.29) is 22.7 Å². The molecule has 1 heterocycles. The number of carbonyl (C=O) groups is 1. The van der Waals surface area contributed by atoms with Crippen LogP contribution in [0.3, 0.4) is 0 Å². The van der Waals surface area contributed by atoms with Crippen LogP contribution in [0, 0.1) is 0 Å². The van der Waals surface area contributed by atoms with Crippen molar-refractivity contribution in [3.63, 3.8) is 0 Å². The number of halogens is 1. The zero-order valence-electron chi connectivity index (χ0n) is 29.4. The fraction of sp³-hybridized carbons (Fsp3) is 0.442. The second-order valence-corrected chi connectivity index (χ2v) is 16.2. The second-order valence-electron chi connectivity index (χ2n) is 14.3. The molecular weight excluding hydrogens is 646 g/mol. The van der Waals surface area contributed by atoms with Crippen molar-refractivity contribution in [1.82, 2.24) is 4.98 Å². The average molecular weight is 696 g/mol. The van der Waals surface area contributed by atoms with Gasteiger partial charge >= 0.3 is 5.97 Å². The van der Waals surface area contributed by atoms with E-state index < -0.39 is 5.60 Å². The van der Waals surface area contributed by atoms with Gasteiger partial charge < -0.3 is 9.47 Å². The Labute approximate surface area is 302 Å². The summed E-state index contributed by atoms with van der Waals surface area (Å²) in [5.74, 6) is 0.0292. The van der Waals surface area contributed by atoms with E-state index in [9.17, 15) is 4.79 Å². The number of nitrogens with zero attached hydrogens (tertiary/aromatic N) is 1. The molecule has 0 amide bonds. The molecule has 6 heteroatoms. The number of esters is 1. The van der Waals surface area contributed by atoms with Gasteiger partial charge in [-0.25, -0.2) is 4.98 Å². The maximum atomic E-state index is 12.6. The summed E-state index contributed by atoms with van der Waals surface area (Å²) in [5.41, 5.74) is 5.99. The summed E-state index contributed by atoms with van der Waals surface area (Å²) in [6.45, 7) is 8.64. The van der Waals surface area contributed by atoms with Crippen LogP contribution < -0.4 is 0 Å². The third-order valence-electron chi connectivity index (χ3n) is 10.2. The van der Waals surface area contributed by atoms with Crippen LogP contribution in [0.15, 0.2) is 78.9 Å². The van der Waals surface area contributed by atoms with E-state index >= 15 is 0 Å². The van der Waals surface area contributed by atoms with Crippen LogP contribution in [0.5, 0.6) is 0 Å². The fourth-order valence-electron chi connectivity index (χ4n) is 7.69. The van der Waals surface area contributed by atoms with Crippen molar-refractivity contribution >= 4 is 52.4 Å². The Bertz CT molecular complexity index is 1770. The van der Waals surface area contributed by atoms with Crippen LogP contribution >= 0.6 is 23.4 Å². The van der Waals surface area contributed by atoms with Gasteiger partial charge in [0.25, 0.3) is 0 Å². The largest absolute Gasteiger partial charge is 0.458 e. The van der Waals surface area contributed by atoms with E-state index in [0.717, 1.165) is 47.8 Å². The van der Waals surface area contributed by atoms with Gasteiger partial charge in [-0.2, -0.15) is 11.8 Å². The highest BCUT2D eigenvalue weighted by Crippen LogP contribution is 2.55. The van der Waals surface area contributed by atoms with Gasteiger partial charge in [-0.3, -0.25) is 4.79 Å². The zero-order chi connectivity index (χ0) is 34.4. The Morgan fingerprint density at radius 3 is 2.53 bits per heavy atom. The van der Waals surface area contributed by atoms with E-state index in [2.05, 4.69) is 99.3 Å². The monoisotopic (exact) mass is 695 g/mol. The van der Waals surface area contributed by atoms with Gasteiger partial charge in [-0.15, -0.1) is 0 Å². The molecule has 2 unspecified atom stereocenters. The Hall–Kier alpha value is -3.12. The van der Waals surface area contributed by atoms with Crippen molar-refractivity contribution in [2.45, 2.75) is 113 Å². The molecular formula is C43H50ClNO3S. The molecule has 0 saturated heterocycles. The minimum absolute atomic E-state index is 0.171. The van der Waals surface area contributed by atoms with E-state index in [1.54, 1.807) is 6.92 Å². The lowest BCUT2D eigenvalue weighted by molar-refractivity contribution is -0.148. The maximum absolute atomic E-state index is 12.6. The Morgan fingerprint density at radius 2 is 1.78 bits per heavy atom. The van der Waals surface area contributed by atoms with Gasteiger partial charge in [0.2, 0.25) is 0 Å². The lowest BCUT2D eigenvalue weighted by atomic mass is 9.83. The first kappa shape index (κ1) is 35.7. The maximum Gasteiger partial charge on any atom is 0.303 e. The molecule has 0 radical (unpaired) electrons. The van der Waals surface area contributed by atoms with Gasteiger partial charge in [-0.1, -0.05) is 97.6 Å². The normalized spacial score (nSPS) is 17.7. The number of aromatic nitrogens is 1. The minimum Gasteiger partial charge on any atom is -0.458 e. The molecule has 3 aromatic carbocycles. The number of aryl methyl sites for hydroxylation is 1. The van der Waals surface area contributed by atoms with Crippen molar-refractivity contribution in [1.29, 1.82) is 0 Å². The van der Waals surface area contributed by atoms with Gasteiger partial charge in [0.15, 0.2) is 0 Å². The number of rotatable bonds is 14. The third kappa shape index (κ3) is 8.98. The first-order valence-electron chi connectivity index (χ1n) is 18.1. The molecule has 2 aliphatic rings. The van der Waals surface area contributed by atoms with E-state index in [1.807, 2.05) is 24.3 Å². The molecule has 49 heavy (non-hydrogen) atoms. The highest BCUT2D eigenvalue weighted by atomic mass is 35.5. The van der Waals surface area contributed by atoms with Gasteiger partial charge in [0, 0.05) is 29.2 Å². The number of benzene rings is 3. The lowest BCUT2D eigenvalue weighted by Crippen LogP contribution is -2.37. The summed E-state index contributed by atoms with van der Waals surface area (Å²) < 4.78 is 12.5. The zero-order valence-corrected chi connectivity index (χ0v) is 31.0. The summed E-state index contributed by atoms with van der Waals surface area (Å²) in [4.78, 5) is 17.4. The van der Waals surface area contributed by atoms with Crippen molar-refractivity contribution in [2.24, 2.45) is 0 Å². The van der Waals surface area contributed by atoms with Crippen molar-refractivity contribution < 1.29 is 14.3 Å². The molecule has 2 fully saturated rings. The molecule has 2 aliphatic carbocycles. The molecule has 1 aromatic heterocycles. The summed E-state index contributed by atoms with van der Waals surface area (Å²) >= 11 is 8.37. The fourth-order valence-corrected chi connectivity index (χ4v) is 9.89. The molecule has 2 atom stereocenters. The Balaban J connectivity index is 1.35. The Morgan fingerprint density at radius 1 is 1.00 bits per heavy atom. The molecule has 258 valence electrons. The number of hydrogen-bond donors (Lipinski definition) is 0. The third-order valence-corrected chi connectivity index (χ3v) is 12.4. The van der Waals surface area contributed by atoms with Gasteiger partial charge in [0.1, 0.15) is 5.60 Å². The van der Waals surface area contributed by atoms with Crippen LogP contribution in [0.1, 0.15) is 113 Å². The number of thioether (sulfide) groups is 1. The highest BCUT2D eigenvalue weighted by molar-refractivity contribution is 8.00. The number of fused-ring (bicyclic) bond motifs is 1. The van der Waals surface area contributed by atoms with Crippen LogP contribution in [-0.4, -0.2) is 33.7 Å². The predicted octanol–water partition coefficient (Wildman–Crippen LogP) is 11.6. The molecule has 0 aliphatic heterocycles. The minimum atomic E-state index is -0.412. The summed E-state index contributed by atoms with van der Waals surface area (Å²) in [5, 5.41) is 2.53. The number of ether oxygens (including phenoxy) is 2. The lowest BCUT2D eigenvalue weighted by Gasteiger charge is -2.37. The van der Waals surface area contributed by atoms with E-state index in [4.69, 9.17) is 26.1 Å². The molecule has 0 N–H and O–H groups in total. The number of carbonyl (C=O) groups excluding carboxylic acids is 1. The summed E-state index contributed by atoms with van der Waals surface area (Å²) in [6, 6.07) is 27.7. The highest BCUT2D eigenvalue weighted by Gasteiger charge is 2.56. The summed E-state index contributed by atoms with van der Waals surface area (Å²) in [6.07, 6.45) is 14.3. The smallest absolute Gasteiger partial charge is 0.303 e. The average Bonchev–Trinajstić information content (AvgIpc) is 3.87. The second kappa shape index (κ2) is 15.8. The summed E-state index contributed by atoms with van der Waals surface area (Å²) in [7, 11) is 0. The van der Waals surface area contributed by atoms with Crippen molar-refractivity contribution in [2.75, 3.05) is 6.61 Å². The first-order valence-corrected chi connectivity index (χ1v) is 19.4.